The molecule has 0 radical (unpaired) electrons. The molecule has 0 aromatic heterocycles. The van der Waals surface area contributed by atoms with Gasteiger partial charge in [-0.25, -0.2) is 0 Å². The van der Waals surface area contributed by atoms with E-state index in [1.165, 1.54) is 6.42 Å². The molecule has 0 saturated carbocycles. The second-order valence-corrected chi connectivity index (χ2v) is 20.4. The van der Waals surface area contributed by atoms with Gasteiger partial charge in [-0.05, 0) is 38.9 Å². The molecule has 240 valence electrons. The molecule has 0 aliphatic carbocycles. The smallest absolute Gasteiger partial charge is 0.143 e. The van der Waals surface area contributed by atoms with Crippen molar-refractivity contribution >= 4 is 5.78 Å². The molecule has 3 heteroatoms. The third kappa shape index (κ3) is 27.5. The number of hydrogen-bond acceptors (Lipinski definition) is 3. The van der Waals surface area contributed by atoms with Crippen molar-refractivity contribution < 1.29 is 15.0 Å². The second kappa shape index (κ2) is 15.2. The molecule has 3 nitrogen and oxygen atoms in total. The quantitative estimate of drug-likeness (QED) is 0.311. The molecular formula is C36H78O3. The van der Waals surface area contributed by atoms with E-state index in [4.69, 9.17) is 0 Å². The fraction of sp³-hybridized carbons (Fsp3) is 0.972. The van der Waals surface area contributed by atoms with E-state index in [2.05, 4.69) is 125 Å². The molecular weight excluding hydrogens is 480 g/mol. The Bertz CT molecular complexity index is 573. The van der Waals surface area contributed by atoms with Crippen molar-refractivity contribution in [3.05, 3.63) is 0 Å². The predicted octanol–water partition coefficient (Wildman–Crippen LogP) is 11.0. The van der Waals surface area contributed by atoms with Crippen LogP contribution in [0.15, 0.2) is 0 Å². The maximum atomic E-state index is 11.5. The topological polar surface area (TPSA) is 57.5 Å². The molecule has 0 spiro atoms. The van der Waals surface area contributed by atoms with Gasteiger partial charge in [-0.15, -0.1) is 0 Å². The van der Waals surface area contributed by atoms with E-state index in [1.807, 2.05) is 41.5 Å². The first-order valence-corrected chi connectivity index (χ1v) is 15.1. The summed E-state index contributed by atoms with van der Waals surface area (Å²) in [4.78, 5) is 11.5. The van der Waals surface area contributed by atoms with Gasteiger partial charge in [-0.2, -0.15) is 0 Å². The number of ketones is 1. The molecule has 0 aromatic carbocycles. The number of carbonyl (C=O) groups excluding carboxylic acids is 1. The Labute approximate surface area is 248 Å². The summed E-state index contributed by atoms with van der Waals surface area (Å²) in [5.41, 5.74) is 0.569. The molecule has 0 atom stereocenters. The van der Waals surface area contributed by atoms with Crippen LogP contribution in [0.1, 0.15) is 173 Å². The van der Waals surface area contributed by atoms with Gasteiger partial charge >= 0.3 is 0 Å². The van der Waals surface area contributed by atoms with Crippen LogP contribution in [-0.2, 0) is 4.79 Å². The van der Waals surface area contributed by atoms with Crippen molar-refractivity contribution in [2.24, 2.45) is 43.3 Å². The minimum Gasteiger partial charge on any atom is -0.392 e. The summed E-state index contributed by atoms with van der Waals surface area (Å²) in [7, 11) is 0. The zero-order valence-corrected chi connectivity index (χ0v) is 31.7. The molecule has 0 amide bonds. The molecule has 0 aromatic rings. The summed E-state index contributed by atoms with van der Waals surface area (Å²) in [6, 6.07) is 0. The molecule has 0 rings (SSSR count). The van der Waals surface area contributed by atoms with E-state index < -0.39 is 0 Å². The SMILES string of the molecule is CC(C)(C)C(=O)C(C)(C)C.CC(C)(C)C(O)C(C)(C)C.CC(C)(C)C(O)C(C)(C)C.CC(C)(C)CC(C)(C)C. The number of aliphatic hydroxyl groups is 2. The van der Waals surface area contributed by atoms with Crippen molar-refractivity contribution in [1.29, 1.82) is 0 Å². The lowest BCUT2D eigenvalue weighted by Gasteiger charge is -2.36. The van der Waals surface area contributed by atoms with Gasteiger partial charge in [0.15, 0.2) is 0 Å². The molecule has 0 aliphatic heterocycles. The average Bonchev–Trinajstić information content (AvgIpc) is 2.53. The molecule has 0 heterocycles. The Morgan fingerprint density at radius 1 is 0.410 bits per heavy atom. The Balaban J connectivity index is -0.000000210. The Hall–Kier alpha value is -0.410. The van der Waals surface area contributed by atoms with Gasteiger partial charge in [-0.3, -0.25) is 4.79 Å². The highest BCUT2D eigenvalue weighted by atomic mass is 16.3. The van der Waals surface area contributed by atoms with E-state index in [1.54, 1.807) is 0 Å². The number of Topliss-reactive ketones (excluding diaryl/α,β-unsaturated/α-hetero) is 1. The van der Waals surface area contributed by atoms with Gasteiger partial charge in [0.05, 0.1) is 12.2 Å². The summed E-state index contributed by atoms with van der Waals surface area (Å²) >= 11 is 0. The van der Waals surface area contributed by atoms with Crippen molar-refractivity contribution in [1.82, 2.24) is 0 Å². The lowest BCUT2D eigenvalue weighted by Crippen LogP contribution is -2.37. The second-order valence-electron chi connectivity index (χ2n) is 20.4. The van der Waals surface area contributed by atoms with Crippen LogP contribution in [-0.4, -0.2) is 28.2 Å². The molecule has 0 unspecified atom stereocenters. The van der Waals surface area contributed by atoms with Crippen LogP contribution in [0.5, 0.6) is 0 Å². The molecule has 0 fully saturated rings. The van der Waals surface area contributed by atoms with Crippen LogP contribution in [0.2, 0.25) is 0 Å². The number of carbonyl (C=O) groups is 1. The van der Waals surface area contributed by atoms with Crippen molar-refractivity contribution in [3.63, 3.8) is 0 Å². The first kappa shape index (κ1) is 45.6. The van der Waals surface area contributed by atoms with E-state index in [-0.39, 0.29) is 44.7 Å². The zero-order chi connectivity index (χ0) is 33.4. The summed E-state index contributed by atoms with van der Waals surface area (Å²) in [5, 5.41) is 19.4. The fourth-order valence-electron chi connectivity index (χ4n) is 5.31. The van der Waals surface area contributed by atoms with E-state index in [0.717, 1.165) is 0 Å². The highest BCUT2D eigenvalue weighted by molar-refractivity contribution is 5.88. The van der Waals surface area contributed by atoms with Gasteiger partial charge in [-0.1, -0.05) is 166 Å². The largest absolute Gasteiger partial charge is 0.392 e. The number of rotatable bonds is 0. The lowest BCUT2D eigenvalue weighted by atomic mass is 9.74. The minimum atomic E-state index is -0.236. The van der Waals surface area contributed by atoms with Gasteiger partial charge < -0.3 is 10.2 Å². The number of hydrogen-bond donors (Lipinski definition) is 2. The molecule has 0 saturated heterocycles. The van der Waals surface area contributed by atoms with Gasteiger partial charge in [0, 0.05) is 10.8 Å². The van der Waals surface area contributed by atoms with Crippen LogP contribution in [0.25, 0.3) is 0 Å². The normalized spacial score (nSPS) is 14.1. The fourth-order valence-corrected chi connectivity index (χ4v) is 5.31. The summed E-state index contributed by atoms with van der Waals surface area (Å²) < 4.78 is 0. The van der Waals surface area contributed by atoms with E-state index >= 15 is 0 Å². The monoisotopic (exact) mass is 559 g/mol. The summed E-state index contributed by atoms with van der Waals surface area (Å²) in [6.07, 6.45) is 0.819. The maximum absolute atomic E-state index is 11.5. The van der Waals surface area contributed by atoms with Gasteiger partial charge in [0.2, 0.25) is 0 Å². The van der Waals surface area contributed by atoms with Crippen LogP contribution in [0, 0.1) is 43.3 Å². The van der Waals surface area contributed by atoms with Crippen molar-refractivity contribution in [2.45, 2.75) is 185 Å². The minimum absolute atomic E-state index is 0.00174. The highest BCUT2D eigenvalue weighted by Crippen LogP contribution is 2.34. The maximum Gasteiger partial charge on any atom is 0.143 e. The molecule has 2 N–H and O–H groups in total. The summed E-state index contributed by atoms with van der Waals surface area (Å²) in [5.74, 6) is 0.319. The van der Waals surface area contributed by atoms with E-state index in [9.17, 15) is 15.0 Å². The average molecular weight is 559 g/mol. The van der Waals surface area contributed by atoms with Crippen LogP contribution < -0.4 is 0 Å². The molecule has 0 bridgehead atoms. The third-order valence-corrected chi connectivity index (χ3v) is 5.70. The standard InChI is InChI=1S/2C9H20O.C9H18O.C9H20/c3*1-8(2,3)7(10)9(4,5)6;1-8(2,3)7-9(4,5)6/h2*7,10H,1-6H3;1-6H3;7H2,1-6H3. The predicted molar refractivity (Wildman–Crippen MR) is 177 cm³/mol. The number of aliphatic hydroxyl groups excluding tert-OH is 2. The third-order valence-electron chi connectivity index (χ3n) is 5.70. The molecule has 0 aliphatic rings. The van der Waals surface area contributed by atoms with Gasteiger partial charge in [0.25, 0.3) is 0 Å². The van der Waals surface area contributed by atoms with Crippen molar-refractivity contribution in [3.8, 4) is 0 Å². The van der Waals surface area contributed by atoms with Crippen LogP contribution in [0.4, 0.5) is 0 Å². The van der Waals surface area contributed by atoms with Gasteiger partial charge in [0.1, 0.15) is 5.78 Å². The summed E-state index contributed by atoms with van der Waals surface area (Å²) in [6.45, 7) is 50.2. The Morgan fingerprint density at radius 3 is 0.564 bits per heavy atom. The van der Waals surface area contributed by atoms with Crippen LogP contribution >= 0.6 is 0 Å². The Morgan fingerprint density at radius 2 is 0.564 bits per heavy atom. The Kier molecular flexibility index (Phi) is 17.7. The van der Waals surface area contributed by atoms with E-state index in [0.29, 0.717) is 16.6 Å². The van der Waals surface area contributed by atoms with Crippen molar-refractivity contribution in [2.75, 3.05) is 0 Å². The first-order valence-electron chi connectivity index (χ1n) is 15.1. The highest BCUT2D eigenvalue weighted by Gasteiger charge is 2.34. The first-order chi connectivity index (χ1) is 16.2. The van der Waals surface area contributed by atoms with Crippen LogP contribution in [0.3, 0.4) is 0 Å². The lowest BCUT2D eigenvalue weighted by molar-refractivity contribution is -0.134. The molecule has 39 heavy (non-hydrogen) atoms. The zero-order valence-electron chi connectivity index (χ0n) is 31.7.